The molecule has 0 radical (unpaired) electrons. The molecule has 0 spiro atoms. The molecule has 1 rings (SSSR count). The van der Waals surface area contributed by atoms with Crippen LogP contribution in [0, 0.1) is 5.41 Å². The molecule has 9 heteroatoms. The first-order chi connectivity index (χ1) is 8.95. The second-order valence-electron chi connectivity index (χ2n) is 5.09. The maximum atomic E-state index is 11.9. The normalized spacial score (nSPS) is 12.2. The summed E-state index contributed by atoms with van der Waals surface area (Å²) in [4.78, 5) is 22.7. The third-order valence-electron chi connectivity index (χ3n) is 2.81. The van der Waals surface area contributed by atoms with E-state index in [4.69, 9.17) is 10.2 Å². The molecule has 0 saturated heterocycles. The number of nitrogens with zero attached hydrogens (tertiary/aromatic N) is 1. The Hall–Kier alpha value is -1.87. The fourth-order valence-electron chi connectivity index (χ4n) is 1.38. The second-order valence-corrected chi connectivity index (χ2v) is 6.65. The number of amides is 1. The van der Waals surface area contributed by atoms with Crippen LogP contribution in [0.15, 0.2) is 17.2 Å². The van der Waals surface area contributed by atoms with Crippen molar-refractivity contribution < 1.29 is 23.1 Å². The summed E-state index contributed by atoms with van der Waals surface area (Å²) in [6, 6.07) is 1.14. The summed E-state index contributed by atoms with van der Waals surface area (Å²) in [5.41, 5.74) is -1.04. The summed E-state index contributed by atoms with van der Waals surface area (Å²) in [7, 11) is -2.40. The van der Waals surface area contributed by atoms with Crippen molar-refractivity contribution in [3.63, 3.8) is 0 Å². The topological polar surface area (TPSA) is 131 Å². The lowest BCUT2D eigenvalue weighted by Gasteiger charge is -2.19. The highest BCUT2D eigenvalue weighted by Crippen LogP contribution is 2.15. The number of nitrogens with one attached hydrogen (secondary N) is 1. The number of nitrogens with two attached hydrogens (primary N) is 1. The van der Waals surface area contributed by atoms with Crippen molar-refractivity contribution in [3.8, 4) is 0 Å². The van der Waals surface area contributed by atoms with Crippen molar-refractivity contribution in [2.45, 2.75) is 18.7 Å². The first-order valence-electron chi connectivity index (χ1n) is 5.66. The predicted molar refractivity (Wildman–Crippen MR) is 70.5 cm³/mol. The smallest absolute Gasteiger partial charge is 0.310 e. The van der Waals surface area contributed by atoms with Crippen LogP contribution in [-0.4, -0.2) is 36.5 Å². The lowest BCUT2D eigenvalue weighted by molar-refractivity contribution is -0.146. The van der Waals surface area contributed by atoms with Gasteiger partial charge >= 0.3 is 5.97 Å². The van der Waals surface area contributed by atoms with Crippen molar-refractivity contribution in [1.29, 1.82) is 0 Å². The van der Waals surface area contributed by atoms with E-state index in [1.165, 1.54) is 31.7 Å². The van der Waals surface area contributed by atoms with Crippen molar-refractivity contribution in [2.75, 3.05) is 6.54 Å². The predicted octanol–water partition coefficient (Wildman–Crippen LogP) is -0.487. The quantitative estimate of drug-likeness (QED) is 0.675. The minimum atomic E-state index is -3.89. The third-order valence-corrected chi connectivity index (χ3v) is 3.69. The van der Waals surface area contributed by atoms with E-state index < -0.39 is 27.3 Å². The number of aliphatic carboxylic acids is 1. The molecule has 0 aliphatic rings. The Morgan fingerprint density at radius 1 is 1.45 bits per heavy atom. The van der Waals surface area contributed by atoms with Crippen molar-refractivity contribution >= 4 is 21.9 Å². The number of rotatable bonds is 5. The van der Waals surface area contributed by atoms with Gasteiger partial charge in [-0.15, -0.1) is 0 Å². The van der Waals surface area contributed by atoms with Gasteiger partial charge < -0.3 is 15.0 Å². The lowest BCUT2D eigenvalue weighted by Crippen LogP contribution is -2.39. The summed E-state index contributed by atoms with van der Waals surface area (Å²) in [5.74, 6) is -1.62. The number of carboxylic acids is 1. The average Bonchev–Trinajstić information content (AvgIpc) is 2.68. The summed E-state index contributed by atoms with van der Waals surface area (Å²) >= 11 is 0. The number of aromatic nitrogens is 1. The van der Waals surface area contributed by atoms with Crippen molar-refractivity contribution in [3.05, 3.63) is 18.0 Å². The number of carbonyl (C=O) groups is 2. The molecule has 4 N–H and O–H groups in total. The van der Waals surface area contributed by atoms with Gasteiger partial charge in [-0.05, 0) is 19.9 Å². The number of primary sulfonamides is 1. The van der Waals surface area contributed by atoms with Gasteiger partial charge in [0, 0.05) is 19.8 Å². The Kier molecular flexibility index (Phi) is 4.25. The summed E-state index contributed by atoms with van der Waals surface area (Å²) in [6.07, 6.45) is 1.21. The molecule has 0 bridgehead atoms. The maximum Gasteiger partial charge on any atom is 0.310 e. The minimum absolute atomic E-state index is 0.0789. The molecule has 1 heterocycles. The largest absolute Gasteiger partial charge is 0.481 e. The highest BCUT2D eigenvalue weighted by molar-refractivity contribution is 7.89. The molecule has 0 saturated carbocycles. The van der Waals surface area contributed by atoms with Gasteiger partial charge in [0.1, 0.15) is 10.6 Å². The summed E-state index contributed by atoms with van der Waals surface area (Å²) in [5, 5.41) is 16.4. The van der Waals surface area contributed by atoms with Crippen LogP contribution in [0.4, 0.5) is 0 Å². The number of carboxylic acid groups (broad SMARTS) is 1. The Morgan fingerprint density at radius 2 is 2.00 bits per heavy atom. The van der Waals surface area contributed by atoms with Crippen LogP contribution in [-0.2, 0) is 21.9 Å². The standard InChI is InChI=1S/C11H17N3O5S/c1-11(2,10(16)17)6-13-9(15)8-4-7(5-14(8)3)20(12,18)19/h4-5H,6H2,1-3H3,(H,13,15)(H,16,17)(H2,12,18,19). The second kappa shape index (κ2) is 5.25. The molecule has 1 amide bonds. The number of hydrogen-bond donors (Lipinski definition) is 3. The fraction of sp³-hybridized carbons (Fsp3) is 0.455. The molecule has 0 fully saturated rings. The lowest BCUT2D eigenvalue weighted by atomic mass is 9.94. The molecule has 0 aromatic carbocycles. The highest BCUT2D eigenvalue weighted by atomic mass is 32.2. The van der Waals surface area contributed by atoms with Crippen LogP contribution < -0.4 is 10.5 Å². The van der Waals surface area contributed by atoms with E-state index in [1.807, 2.05) is 0 Å². The Bertz CT molecular complexity index is 645. The van der Waals surface area contributed by atoms with Crippen LogP contribution in [0.3, 0.4) is 0 Å². The Labute approximate surface area is 116 Å². The van der Waals surface area contributed by atoms with Gasteiger partial charge in [0.15, 0.2) is 0 Å². The van der Waals surface area contributed by atoms with Gasteiger partial charge in [-0.25, -0.2) is 13.6 Å². The molecular weight excluding hydrogens is 286 g/mol. The van der Waals surface area contributed by atoms with Gasteiger partial charge in [-0.3, -0.25) is 9.59 Å². The summed E-state index contributed by atoms with van der Waals surface area (Å²) in [6.45, 7) is 2.85. The Morgan fingerprint density at radius 3 is 2.40 bits per heavy atom. The molecular formula is C11H17N3O5S. The SMILES string of the molecule is Cn1cc(S(N)(=O)=O)cc1C(=O)NCC(C)(C)C(=O)O. The third kappa shape index (κ3) is 3.58. The van der Waals surface area contributed by atoms with Gasteiger partial charge in [0.25, 0.3) is 5.91 Å². The van der Waals surface area contributed by atoms with E-state index in [-0.39, 0.29) is 17.1 Å². The van der Waals surface area contributed by atoms with Crippen molar-refractivity contribution in [1.82, 2.24) is 9.88 Å². The fourth-order valence-corrected chi connectivity index (χ4v) is 1.96. The summed E-state index contributed by atoms with van der Waals surface area (Å²) < 4.78 is 23.7. The van der Waals surface area contributed by atoms with Crippen LogP contribution in [0.5, 0.6) is 0 Å². The van der Waals surface area contributed by atoms with Crippen LogP contribution >= 0.6 is 0 Å². The zero-order valence-corrected chi connectivity index (χ0v) is 12.2. The van der Waals surface area contributed by atoms with Crippen molar-refractivity contribution in [2.24, 2.45) is 17.6 Å². The van der Waals surface area contributed by atoms with Gasteiger partial charge in [-0.1, -0.05) is 0 Å². The number of hydrogen-bond acceptors (Lipinski definition) is 4. The first kappa shape index (κ1) is 16.2. The van der Waals surface area contributed by atoms with E-state index in [1.54, 1.807) is 0 Å². The monoisotopic (exact) mass is 303 g/mol. The zero-order chi connectivity index (χ0) is 15.7. The van der Waals surface area contributed by atoms with E-state index in [0.717, 1.165) is 6.07 Å². The molecule has 8 nitrogen and oxygen atoms in total. The van der Waals surface area contributed by atoms with Gasteiger partial charge in [0.05, 0.1) is 5.41 Å². The molecule has 20 heavy (non-hydrogen) atoms. The molecule has 0 atom stereocenters. The molecule has 112 valence electrons. The van der Waals surface area contributed by atoms with E-state index in [9.17, 15) is 18.0 Å². The van der Waals surface area contributed by atoms with Gasteiger partial charge in [-0.2, -0.15) is 0 Å². The zero-order valence-electron chi connectivity index (χ0n) is 11.4. The maximum absolute atomic E-state index is 11.9. The number of aryl methyl sites for hydroxylation is 1. The first-order valence-corrected chi connectivity index (χ1v) is 7.20. The highest BCUT2D eigenvalue weighted by Gasteiger charge is 2.28. The minimum Gasteiger partial charge on any atom is -0.481 e. The molecule has 0 unspecified atom stereocenters. The Balaban J connectivity index is 2.90. The van der Waals surface area contributed by atoms with Crippen LogP contribution in [0.25, 0.3) is 0 Å². The van der Waals surface area contributed by atoms with Crippen LogP contribution in [0.1, 0.15) is 24.3 Å². The molecule has 0 aliphatic carbocycles. The molecule has 0 aliphatic heterocycles. The number of carbonyl (C=O) groups excluding carboxylic acids is 1. The van der Waals surface area contributed by atoms with E-state index in [0.29, 0.717) is 0 Å². The van der Waals surface area contributed by atoms with E-state index >= 15 is 0 Å². The number of sulfonamides is 1. The molecule has 1 aromatic heterocycles. The van der Waals surface area contributed by atoms with Gasteiger partial charge in [0.2, 0.25) is 10.0 Å². The van der Waals surface area contributed by atoms with E-state index in [2.05, 4.69) is 5.32 Å². The van der Waals surface area contributed by atoms with Crippen LogP contribution in [0.2, 0.25) is 0 Å². The molecule has 1 aromatic rings. The average molecular weight is 303 g/mol.